The van der Waals surface area contributed by atoms with Gasteiger partial charge in [-0.2, -0.15) is 0 Å². The van der Waals surface area contributed by atoms with Crippen LogP contribution in [0.5, 0.6) is 5.75 Å². The topological polar surface area (TPSA) is 178 Å². The van der Waals surface area contributed by atoms with Crippen LogP contribution in [-0.4, -0.2) is 104 Å². The Morgan fingerprint density at radius 3 is 2.03 bits per heavy atom. The van der Waals surface area contributed by atoms with Crippen LogP contribution in [0.1, 0.15) is 159 Å². The van der Waals surface area contributed by atoms with Gasteiger partial charge in [-0.25, -0.2) is 4.79 Å². The van der Waals surface area contributed by atoms with Crippen molar-refractivity contribution in [1.82, 2.24) is 20.4 Å². The molecule has 0 saturated carbocycles. The number of carbonyl (C=O) groups is 7. The Bertz CT molecular complexity index is 2280. The molecule has 3 aromatic carbocycles. The van der Waals surface area contributed by atoms with Crippen molar-refractivity contribution in [1.29, 1.82) is 0 Å². The number of rotatable bonds is 28. The van der Waals surface area contributed by atoms with E-state index in [1.807, 2.05) is 55.5 Å². The van der Waals surface area contributed by atoms with Gasteiger partial charge >= 0.3 is 5.97 Å². The number of hydrogen-bond donors (Lipinski definition) is 2. The summed E-state index contributed by atoms with van der Waals surface area (Å²) in [6, 6.07) is 16.2. The molecule has 0 aliphatic carbocycles. The molecule has 0 saturated heterocycles. The minimum absolute atomic E-state index is 0.0954. The van der Waals surface area contributed by atoms with Gasteiger partial charge in [0.1, 0.15) is 23.9 Å². The minimum atomic E-state index is -1.17. The molecule has 3 aromatic rings. The third kappa shape index (κ3) is 18.5. The van der Waals surface area contributed by atoms with Crippen LogP contribution in [0.3, 0.4) is 0 Å². The highest BCUT2D eigenvalue weighted by Gasteiger charge is 2.36. The van der Waals surface area contributed by atoms with Crippen LogP contribution in [0, 0.1) is 18.8 Å². The number of Topliss-reactive ketones (excluding diaryl/α,β-unsaturated/α-hetero) is 2. The smallest absolute Gasteiger partial charge is 0.328 e. The van der Waals surface area contributed by atoms with Crippen molar-refractivity contribution >= 4 is 41.2 Å². The first-order valence-electron chi connectivity index (χ1n) is 26.7. The van der Waals surface area contributed by atoms with Crippen LogP contribution in [0.2, 0.25) is 0 Å². The number of likely N-dealkylation sites (N-methyl/N-ethyl adjacent to an activating group) is 2. The molecule has 1 aliphatic rings. The van der Waals surface area contributed by atoms with Gasteiger partial charge in [0, 0.05) is 57.2 Å². The Morgan fingerprint density at radius 1 is 0.781 bits per heavy atom. The van der Waals surface area contributed by atoms with Crippen LogP contribution in [0.25, 0.3) is 11.1 Å². The molecule has 14 heteroatoms. The summed E-state index contributed by atoms with van der Waals surface area (Å²) in [6.07, 6.45) is 15.4. The van der Waals surface area contributed by atoms with Crippen molar-refractivity contribution in [3.63, 3.8) is 0 Å². The number of aryl methyl sites for hydroxylation is 1. The first-order chi connectivity index (χ1) is 35.0. The summed E-state index contributed by atoms with van der Waals surface area (Å²) in [5.41, 5.74) is 4.45. The molecule has 14 nitrogen and oxygen atoms in total. The number of carbonyl (C=O) groups excluding carboxylic acids is 7. The molecule has 73 heavy (non-hydrogen) atoms. The molecule has 0 unspecified atom stereocenters. The number of benzene rings is 3. The highest BCUT2D eigenvalue weighted by Crippen LogP contribution is 2.38. The van der Waals surface area contributed by atoms with Crippen molar-refractivity contribution in [2.75, 3.05) is 34.9 Å². The summed E-state index contributed by atoms with van der Waals surface area (Å²) >= 11 is 0. The second-order valence-corrected chi connectivity index (χ2v) is 20.1. The molecule has 0 spiro atoms. The lowest BCUT2D eigenvalue weighted by Crippen LogP contribution is -2.53. The SMILES string of the molecule is CCCCCCCCCCCCCCCC(=O)N(C)[C@H](COCc1ccccc1)C(=O)N[C@H](C)C(=O)C[C@@H](C)C(=O)N(C)[C@@H]1C(=O)C[C@@H](C)C(=O)N[C@H](C(=O)OC)Cc2ccc(C)c(c2)-c2cc1ccc2OC. The molecule has 0 fully saturated rings. The quantitative estimate of drug-likeness (QED) is 0.0526. The van der Waals surface area contributed by atoms with Gasteiger partial charge < -0.3 is 34.6 Å². The van der Waals surface area contributed by atoms with E-state index in [-0.39, 0.29) is 44.8 Å². The van der Waals surface area contributed by atoms with Crippen LogP contribution in [0.4, 0.5) is 0 Å². The standard InChI is InChI=1S/C59H84N4O10/c1-10-11-12-13-14-15-16-17-18-19-20-21-25-28-54(66)62(6)50(39-73-38-44-26-23-22-24-27-44)57(68)60-43(5)51(64)34-42(4)58(69)63(7)55-46-31-32-53(71-8)48(37-46)47-35-45(30-29-40(47)2)36-49(59(70)72-9)61-56(67)41(3)33-52(55)65/h22-24,26-27,29-32,35,37,41-43,49-50,55H,10-21,25,28,33-34,36,38-39H2,1-9H3,(H,60,68)(H,61,67)/t41-,42-,43-,49+,50-,55+/m1/s1. The lowest BCUT2D eigenvalue weighted by atomic mass is 9.88. The number of hydrogen-bond acceptors (Lipinski definition) is 10. The van der Waals surface area contributed by atoms with E-state index in [4.69, 9.17) is 14.2 Å². The molecule has 2 N–H and O–H groups in total. The van der Waals surface area contributed by atoms with E-state index >= 15 is 0 Å². The fraction of sp³-hybridized carbons (Fsp3) is 0.576. The van der Waals surface area contributed by atoms with Crippen molar-refractivity contribution < 1.29 is 47.8 Å². The van der Waals surface area contributed by atoms with Gasteiger partial charge in [0.05, 0.1) is 33.5 Å². The predicted molar refractivity (Wildman–Crippen MR) is 284 cm³/mol. The van der Waals surface area contributed by atoms with E-state index in [0.717, 1.165) is 41.5 Å². The summed E-state index contributed by atoms with van der Waals surface area (Å²) in [7, 11) is 5.88. The average Bonchev–Trinajstić information content (AvgIpc) is 3.38. The normalized spacial score (nSPS) is 17.0. The number of amides is 4. The molecular formula is C59H84N4O10. The molecule has 0 radical (unpaired) electrons. The lowest BCUT2D eigenvalue weighted by molar-refractivity contribution is -0.146. The number of unbranched alkanes of at least 4 members (excludes halogenated alkanes) is 12. The van der Waals surface area contributed by atoms with Gasteiger partial charge in [-0.15, -0.1) is 0 Å². The number of ether oxygens (including phenoxy) is 3. The summed E-state index contributed by atoms with van der Waals surface area (Å²) in [5.74, 6) is -4.54. The maximum atomic E-state index is 14.5. The molecule has 1 heterocycles. The third-order valence-electron chi connectivity index (χ3n) is 14.2. The molecule has 4 rings (SSSR count). The van der Waals surface area contributed by atoms with Gasteiger partial charge in [0.15, 0.2) is 11.6 Å². The van der Waals surface area contributed by atoms with Crippen molar-refractivity contribution in [2.45, 2.75) is 175 Å². The van der Waals surface area contributed by atoms with Crippen LogP contribution < -0.4 is 15.4 Å². The predicted octanol–water partition coefficient (Wildman–Crippen LogP) is 9.60. The van der Waals surface area contributed by atoms with Crippen molar-refractivity contribution in [3.8, 4) is 16.9 Å². The van der Waals surface area contributed by atoms with Gasteiger partial charge in [-0.3, -0.25) is 28.8 Å². The number of fused-ring (bicyclic) bond motifs is 5. The Balaban J connectivity index is 1.45. The molecule has 1 aliphatic heterocycles. The Hall–Kier alpha value is -5.89. The maximum Gasteiger partial charge on any atom is 0.328 e. The van der Waals surface area contributed by atoms with Crippen molar-refractivity contribution in [2.24, 2.45) is 11.8 Å². The molecule has 400 valence electrons. The zero-order chi connectivity index (χ0) is 53.5. The molecular weight excluding hydrogens is 925 g/mol. The zero-order valence-corrected chi connectivity index (χ0v) is 45.2. The number of esters is 1. The van der Waals surface area contributed by atoms with E-state index in [2.05, 4.69) is 17.6 Å². The summed E-state index contributed by atoms with van der Waals surface area (Å²) in [4.78, 5) is 99.6. The average molecular weight is 1010 g/mol. The maximum absolute atomic E-state index is 14.5. The highest BCUT2D eigenvalue weighted by molar-refractivity contribution is 5.97. The second-order valence-electron chi connectivity index (χ2n) is 20.1. The Labute approximate surface area is 435 Å². The van der Waals surface area contributed by atoms with E-state index in [1.165, 1.54) is 81.7 Å². The number of nitrogens with zero attached hydrogens (tertiary/aromatic N) is 2. The molecule has 0 aromatic heterocycles. The largest absolute Gasteiger partial charge is 0.496 e. The second kappa shape index (κ2) is 31.0. The van der Waals surface area contributed by atoms with E-state index in [1.54, 1.807) is 53.1 Å². The van der Waals surface area contributed by atoms with Crippen LogP contribution in [0.15, 0.2) is 66.7 Å². The molecule has 4 bridgehead atoms. The molecule has 6 atom stereocenters. The monoisotopic (exact) mass is 1010 g/mol. The Kier molecular flexibility index (Phi) is 25.3. The lowest BCUT2D eigenvalue weighted by Gasteiger charge is -2.31. The fourth-order valence-electron chi connectivity index (χ4n) is 9.51. The minimum Gasteiger partial charge on any atom is -0.496 e. The van der Waals surface area contributed by atoms with Crippen molar-refractivity contribution in [3.05, 3.63) is 89.0 Å². The van der Waals surface area contributed by atoms with Crippen LogP contribution >= 0.6 is 0 Å². The van der Waals surface area contributed by atoms with E-state index in [0.29, 0.717) is 23.3 Å². The van der Waals surface area contributed by atoms with E-state index < -0.39 is 71.3 Å². The highest BCUT2D eigenvalue weighted by atomic mass is 16.5. The van der Waals surface area contributed by atoms with Gasteiger partial charge in [-0.1, -0.05) is 152 Å². The van der Waals surface area contributed by atoms with E-state index in [9.17, 15) is 33.6 Å². The molecule has 4 amide bonds. The number of nitrogens with one attached hydrogen (secondary N) is 2. The van der Waals surface area contributed by atoms with Gasteiger partial charge in [0.2, 0.25) is 23.6 Å². The third-order valence-corrected chi connectivity index (χ3v) is 14.2. The van der Waals surface area contributed by atoms with Gasteiger partial charge in [-0.05, 0) is 60.2 Å². The zero-order valence-electron chi connectivity index (χ0n) is 45.2. The fourth-order valence-corrected chi connectivity index (χ4v) is 9.51. The summed E-state index contributed by atoms with van der Waals surface area (Å²) < 4.78 is 16.8. The first kappa shape index (κ1) is 59.7. The van der Waals surface area contributed by atoms with Gasteiger partial charge in [0.25, 0.3) is 0 Å². The Morgan fingerprint density at radius 2 is 1.41 bits per heavy atom. The first-order valence-corrected chi connectivity index (χ1v) is 26.7. The summed E-state index contributed by atoms with van der Waals surface area (Å²) in [5, 5.41) is 5.57. The number of methoxy groups -OCH3 is 2. The number of ketones is 2. The summed E-state index contributed by atoms with van der Waals surface area (Å²) in [6.45, 7) is 9.02. The van der Waals surface area contributed by atoms with Crippen LogP contribution in [-0.2, 0) is 56.1 Å².